The standard InChI is InChI=1S/C19H21FN2O2S.ClH/c20-16-2-1-3-17(10-16)22(11-14-6-9-25-13-14)19(23)24-18-12-21-7-4-15(18)5-8-21;/h1-3,6,9-10,13,15,18H,4-5,7-8,11-12H2;1H/t18-;/m0./s1. The van der Waals surface area contributed by atoms with Crippen molar-refractivity contribution in [2.45, 2.75) is 25.5 Å². The van der Waals surface area contributed by atoms with E-state index in [1.807, 2.05) is 16.8 Å². The van der Waals surface area contributed by atoms with Gasteiger partial charge in [0.2, 0.25) is 0 Å². The van der Waals surface area contributed by atoms with Crippen molar-refractivity contribution in [2.24, 2.45) is 5.92 Å². The zero-order valence-corrected chi connectivity index (χ0v) is 16.0. The minimum atomic E-state index is -0.393. The molecule has 3 saturated heterocycles. The third-order valence-electron chi connectivity index (χ3n) is 5.11. The maximum atomic E-state index is 13.7. The highest BCUT2D eigenvalue weighted by atomic mass is 35.5. The van der Waals surface area contributed by atoms with Crippen LogP contribution in [0.2, 0.25) is 0 Å². The van der Waals surface area contributed by atoms with Gasteiger partial charge in [0.1, 0.15) is 11.9 Å². The Hall–Kier alpha value is -1.63. The fourth-order valence-electron chi connectivity index (χ4n) is 3.71. The van der Waals surface area contributed by atoms with Gasteiger partial charge in [-0.1, -0.05) is 6.07 Å². The third-order valence-corrected chi connectivity index (χ3v) is 5.84. The molecule has 3 fully saturated rings. The molecule has 0 N–H and O–H groups in total. The molecule has 140 valence electrons. The summed E-state index contributed by atoms with van der Waals surface area (Å²) in [6, 6.07) is 8.09. The summed E-state index contributed by atoms with van der Waals surface area (Å²) in [4.78, 5) is 16.8. The van der Waals surface area contributed by atoms with Gasteiger partial charge in [0.15, 0.2) is 0 Å². The Labute approximate surface area is 163 Å². The summed E-state index contributed by atoms with van der Waals surface area (Å²) in [5.74, 6) is 0.0907. The smallest absolute Gasteiger partial charge is 0.414 e. The first-order chi connectivity index (χ1) is 12.2. The molecule has 0 unspecified atom stereocenters. The zero-order chi connectivity index (χ0) is 17.2. The fourth-order valence-corrected chi connectivity index (χ4v) is 4.37. The number of hydrogen-bond acceptors (Lipinski definition) is 4. The average molecular weight is 397 g/mol. The molecule has 1 amide bonds. The molecule has 0 saturated carbocycles. The van der Waals surface area contributed by atoms with Crippen LogP contribution < -0.4 is 4.90 Å². The maximum absolute atomic E-state index is 13.7. The summed E-state index contributed by atoms with van der Waals surface area (Å²) in [6.07, 6.45) is 1.72. The summed E-state index contributed by atoms with van der Waals surface area (Å²) in [5, 5.41) is 3.96. The number of hydrogen-bond donors (Lipinski definition) is 0. The first-order valence-corrected chi connectivity index (χ1v) is 9.60. The molecule has 4 heterocycles. The predicted molar refractivity (Wildman–Crippen MR) is 104 cm³/mol. The quantitative estimate of drug-likeness (QED) is 0.760. The van der Waals surface area contributed by atoms with Crippen LogP contribution in [0.4, 0.5) is 14.9 Å². The van der Waals surface area contributed by atoms with Crippen LogP contribution in [0.3, 0.4) is 0 Å². The summed E-state index contributed by atoms with van der Waals surface area (Å²) in [6.45, 7) is 3.39. The lowest BCUT2D eigenvalue weighted by atomic mass is 9.86. The van der Waals surface area contributed by atoms with E-state index in [-0.39, 0.29) is 24.3 Å². The topological polar surface area (TPSA) is 32.8 Å². The number of amides is 1. The van der Waals surface area contributed by atoms with Crippen molar-refractivity contribution in [3.05, 3.63) is 52.5 Å². The molecule has 0 spiro atoms. The van der Waals surface area contributed by atoms with E-state index in [0.717, 1.165) is 38.0 Å². The molecular formula is C19H22ClFN2O2S. The third kappa shape index (κ3) is 4.19. The van der Waals surface area contributed by atoms with Crippen molar-refractivity contribution in [1.29, 1.82) is 0 Å². The van der Waals surface area contributed by atoms with Crippen molar-refractivity contribution in [1.82, 2.24) is 4.90 Å². The number of carbonyl (C=O) groups is 1. The van der Waals surface area contributed by atoms with Gasteiger partial charge in [0.05, 0.1) is 12.2 Å². The van der Waals surface area contributed by atoms with Crippen LogP contribution in [0.15, 0.2) is 41.1 Å². The Morgan fingerprint density at radius 3 is 2.73 bits per heavy atom. The van der Waals surface area contributed by atoms with Gasteiger partial charge in [-0.3, -0.25) is 9.80 Å². The highest BCUT2D eigenvalue weighted by Gasteiger charge is 2.37. The normalized spacial score (nSPS) is 24.0. The lowest BCUT2D eigenvalue weighted by Gasteiger charge is -2.44. The first kappa shape index (κ1) is 19.1. The van der Waals surface area contributed by atoms with Crippen molar-refractivity contribution >= 4 is 35.5 Å². The number of fused-ring (bicyclic) bond motifs is 3. The Kier molecular flexibility index (Phi) is 6.16. The van der Waals surface area contributed by atoms with E-state index in [9.17, 15) is 9.18 Å². The SMILES string of the molecule is Cl.O=C(O[C@H]1CN2CCC1CC2)N(Cc1ccsc1)c1cccc(F)c1. The second-order valence-corrected chi connectivity index (χ2v) is 7.54. The van der Waals surface area contributed by atoms with Crippen LogP contribution >= 0.6 is 23.7 Å². The molecule has 2 bridgehead atoms. The number of piperidine rings is 3. The maximum Gasteiger partial charge on any atom is 0.414 e. The monoisotopic (exact) mass is 396 g/mol. The van der Waals surface area contributed by atoms with Crippen LogP contribution in [0.1, 0.15) is 18.4 Å². The van der Waals surface area contributed by atoms with Crippen LogP contribution in [0.5, 0.6) is 0 Å². The van der Waals surface area contributed by atoms with Gasteiger partial charge in [-0.2, -0.15) is 11.3 Å². The van der Waals surface area contributed by atoms with Crippen LogP contribution in [-0.2, 0) is 11.3 Å². The Morgan fingerprint density at radius 1 is 1.31 bits per heavy atom. The summed E-state index contributed by atoms with van der Waals surface area (Å²) < 4.78 is 19.5. The summed E-state index contributed by atoms with van der Waals surface area (Å²) in [5.41, 5.74) is 1.54. The average Bonchev–Trinajstić information content (AvgIpc) is 3.14. The molecule has 0 aliphatic carbocycles. The number of anilines is 1. The van der Waals surface area contributed by atoms with E-state index >= 15 is 0 Å². The van der Waals surface area contributed by atoms with Gasteiger partial charge in [0.25, 0.3) is 0 Å². The highest BCUT2D eigenvalue weighted by molar-refractivity contribution is 7.07. The molecule has 26 heavy (non-hydrogen) atoms. The lowest BCUT2D eigenvalue weighted by Crippen LogP contribution is -2.53. The zero-order valence-electron chi connectivity index (χ0n) is 14.3. The summed E-state index contributed by atoms with van der Waals surface area (Å²) in [7, 11) is 0. The van der Waals surface area contributed by atoms with Crippen LogP contribution in [0.25, 0.3) is 0 Å². The van der Waals surface area contributed by atoms with Crippen molar-refractivity contribution < 1.29 is 13.9 Å². The highest BCUT2D eigenvalue weighted by Crippen LogP contribution is 2.30. The van der Waals surface area contributed by atoms with E-state index in [1.54, 1.807) is 23.5 Å². The van der Waals surface area contributed by atoms with E-state index < -0.39 is 6.09 Å². The Balaban J connectivity index is 0.00000196. The fraction of sp³-hybridized carbons (Fsp3) is 0.421. The van der Waals surface area contributed by atoms with E-state index in [2.05, 4.69) is 4.90 Å². The minimum Gasteiger partial charge on any atom is -0.444 e. The van der Waals surface area contributed by atoms with Crippen molar-refractivity contribution in [3.8, 4) is 0 Å². The van der Waals surface area contributed by atoms with Gasteiger partial charge in [-0.15, -0.1) is 12.4 Å². The lowest BCUT2D eigenvalue weighted by molar-refractivity contribution is -0.0311. The van der Waals surface area contributed by atoms with Gasteiger partial charge >= 0.3 is 6.09 Å². The predicted octanol–water partition coefficient (Wildman–Crippen LogP) is 4.55. The molecule has 5 rings (SSSR count). The second kappa shape index (κ2) is 8.37. The van der Waals surface area contributed by atoms with Gasteiger partial charge < -0.3 is 4.74 Å². The van der Waals surface area contributed by atoms with E-state index in [1.165, 1.54) is 17.0 Å². The Bertz CT molecular complexity index is 735. The molecule has 4 nitrogen and oxygen atoms in total. The molecule has 1 aromatic carbocycles. The molecule has 1 atom stereocenters. The number of carbonyl (C=O) groups excluding carboxylic acids is 1. The van der Waals surface area contributed by atoms with Gasteiger partial charge in [-0.05, 0) is 72.4 Å². The van der Waals surface area contributed by atoms with Crippen molar-refractivity contribution in [2.75, 3.05) is 24.5 Å². The largest absolute Gasteiger partial charge is 0.444 e. The molecule has 0 radical (unpaired) electrons. The van der Waals surface area contributed by atoms with E-state index in [0.29, 0.717) is 18.2 Å². The molecule has 3 aliphatic heterocycles. The number of rotatable bonds is 4. The number of halogens is 2. The summed E-state index contributed by atoms with van der Waals surface area (Å²) >= 11 is 1.58. The molecule has 2 aromatic rings. The van der Waals surface area contributed by atoms with Crippen molar-refractivity contribution in [3.63, 3.8) is 0 Å². The number of benzene rings is 1. The van der Waals surface area contributed by atoms with E-state index in [4.69, 9.17) is 4.74 Å². The van der Waals surface area contributed by atoms with Gasteiger partial charge in [0, 0.05) is 6.54 Å². The number of ether oxygens (including phenoxy) is 1. The van der Waals surface area contributed by atoms with Gasteiger partial charge in [-0.25, -0.2) is 9.18 Å². The van der Waals surface area contributed by atoms with Crippen LogP contribution in [0, 0.1) is 11.7 Å². The molecule has 1 aromatic heterocycles. The number of nitrogens with zero attached hydrogens (tertiary/aromatic N) is 2. The Morgan fingerprint density at radius 2 is 2.12 bits per heavy atom. The second-order valence-electron chi connectivity index (χ2n) is 6.76. The number of thiophene rings is 1. The molecule has 7 heteroatoms. The van der Waals surface area contributed by atoms with Crippen LogP contribution in [-0.4, -0.2) is 36.7 Å². The first-order valence-electron chi connectivity index (χ1n) is 8.66. The molecule has 3 aliphatic rings. The molecular weight excluding hydrogens is 375 g/mol. The minimum absolute atomic E-state index is 0.